The van der Waals surface area contributed by atoms with Crippen LogP contribution in [0.15, 0.2) is 28.3 Å². The molecular formula is C13H12Cl2N2O2. The van der Waals surface area contributed by atoms with E-state index < -0.39 is 11.8 Å². The number of amides is 2. The zero-order valence-electron chi connectivity index (χ0n) is 10.2. The minimum atomic E-state index is -0.615. The Labute approximate surface area is 120 Å². The first-order chi connectivity index (χ1) is 9.01. The Hall–Kier alpha value is -1.36. The lowest BCUT2D eigenvalue weighted by atomic mass is 10.1. The van der Waals surface area contributed by atoms with Gasteiger partial charge in [0.15, 0.2) is 0 Å². The number of nitrogens with zero attached hydrogens (tertiary/aromatic N) is 1. The molecule has 0 spiro atoms. The predicted molar refractivity (Wildman–Crippen MR) is 74.9 cm³/mol. The van der Waals surface area contributed by atoms with E-state index >= 15 is 0 Å². The number of carbonyl (C=O) groups excluding carboxylic acids is 2. The number of anilines is 1. The van der Waals surface area contributed by atoms with Crippen LogP contribution in [0, 0.1) is 0 Å². The van der Waals surface area contributed by atoms with E-state index in [9.17, 15) is 9.59 Å². The molecule has 1 aliphatic heterocycles. The van der Waals surface area contributed by atoms with Crippen LogP contribution in [0.5, 0.6) is 0 Å². The summed E-state index contributed by atoms with van der Waals surface area (Å²) in [4.78, 5) is 24.8. The number of aryl methyl sites for hydroxylation is 1. The van der Waals surface area contributed by atoms with Crippen molar-refractivity contribution in [2.45, 2.75) is 19.9 Å². The maximum Gasteiger partial charge on any atom is 0.278 e. The Bertz CT molecular complexity index is 572. The number of hydrogen-bond donors (Lipinski definition) is 1. The molecule has 0 saturated carbocycles. The van der Waals surface area contributed by atoms with Gasteiger partial charge in [0.05, 0.1) is 5.69 Å². The zero-order valence-corrected chi connectivity index (χ0v) is 11.8. The molecule has 0 bridgehead atoms. The van der Waals surface area contributed by atoms with Gasteiger partial charge in [0.1, 0.15) is 10.1 Å². The highest BCUT2D eigenvalue weighted by atomic mass is 35.5. The Kier molecular flexibility index (Phi) is 3.94. The lowest BCUT2D eigenvalue weighted by molar-refractivity contribution is -0.120. The fourth-order valence-corrected chi connectivity index (χ4v) is 2.27. The molecule has 1 aromatic carbocycles. The van der Waals surface area contributed by atoms with Crippen LogP contribution in [0.1, 0.15) is 18.1 Å². The number of carbonyl (C=O) groups is 2. The molecule has 4 nitrogen and oxygen atoms in total. The summed E-state index contributed by atoms with van der Waals surface area (Å²) < 4.78 is 0. The first-order valence-electron chi connectivity index (χ1n) is 5.77. The monoisotopic (exact) mass is 298 g/mol. The number of nitrogens with two attached hydrogens (primary N) is 1. The minimum Gasteiger partial charge on any atom is -0.326 e. The van der Waals surface area contributed by atoms with E-state index in [0.29, 0.717) is 11.3 Å². The Morgan fingerprint density at radius 3 is 2.21 bits per heavy atom. The molecule has 19 heavy (non-hydrogen) atoms. The SMILES string of the molecule is CCc1ccc(N2C(=O)C(Cl)=C(Cl)C2=O)c(CN)c1. The lowest BCUT2D eigenvalue weighted by Gasteiger charge is -2.18. The molecule has 2 amide bonds. The summed E-state index contributed by atoms with van der Waals surface area (Å²) in [6.45, 7) is 2.23. The first-order valence-corrected chi connectivity index (χ1v) is 6.52. The van der Waals surface area contributed by atoms with Gasteiger partial charge in [-0.15, -0.1) is 0 Å². The number of imide groups is 1. The Morgan fingerprint density at radius 2 is 1.74 bits per heavy atom. The van der Waals surface area contributed by atoms with E-state index in [-0.39, 0.29) is 16.6 Å². The van der Waals surface area contributed by atoms with Crippen molar-refractivity contribution in [1.82, 2.24) is 0 Å². The van der Waals surface area contributed by atoms with E-state index in [1.54, 1.807) is 6.07 Å². The molecule has 0 saturated heterocycles. The van der Waals surface area contributed by atoms with Crippen molar-refractivity contribution in [3.8, 4) is 0 Å². The van der Waals surface area contributed by atoms with Crippen molar-refractivity contribution in [3.05, 3.63) is 39.4 Å². The second kappa shape index (κ2) is 5.33. The lowest BCUT2D eigenvalue weighted by Crippen LogP contribution is -2.32. The van der Waals surface area contributed by atoms with Gasteiger partial charge in [-0.3, -0.25) is 9.59 Å². The minimum absolute atomic E-state index is 0.218. The molecule has 1 aliphatic rings. The molecule has 6 heteroatoms. The highest BCUT2D eigenvalue weighted by Gasteiger charge is 2.38. The number of rotatable bonds is 3. The molecule has 1 heterocycles. The van der Waals surface area contributed by atoms with Crippen molar-refractivity contribution in [2.24, 2.45) is 5.73 Å². The zero-order chi connectivity index (χ0) is 14.2. The number of benzene rings is 1. The predicted octanol–water partition coefficient (Wildman–Crippen LogP) is 2.27. The maximum absolute atomic E-state index is 11.9. The van der Waals surface area contributed by atoms with Crippen molar-refractivity contribution < 1.29 is 9.59 Å². The maximum atomic E-state index is 11.9. The van der Waals surface area contributed by atoms with Gasteiger partial charge in [-0.05, 0) is 23.6 Å². The van der Waals surface area contributed by atoms with E-state index in [2.05, 4.69) is 0 Å². The van der Waals surface area contributed by atoms with Crippen molar-refractivity contribution in [1.29, 1.82) is 0 Å². The molecule has 0 aromatic heterocycles. The third-order valence-electron chi connectivity index (χ3n) is 2.99. The summed E-state index contributed by atoms with van der Waals surface area (Å²) in [5.74, 6) is -1.23. The quantitative estimate of drug-likeness (QED) is 0.871. The molecule has 0 atom stereocenters. The highest BCUT2D eigenvalue weighted by molar-refractivity contribution is 6.62. The highest BCUT2D eigenvalue weighted by Crippen LogP contribution is 2.33. The molecule has 0 radical (unpaired) electrons. The first kappa shape index (κ1) is 14.1. The second-order valence-corrected chi connectivity index (χ2v) is 4.85. The normalized spacial score (nSPS) is 15.7. The van der Waals surface area contributed by atoms with Gasteiger partial charge in [0, 0.05) is 6.54 Å². The molecular weight excluding hydrogens is 287 g/mol. The van der Waals surface area contributed by atoms with Gasteiger partial charge < -0.3 is 5.73 Å². The summed E-state index contributed by atoms with van der Waals surface area (Å²) in [6.07, 6.45) is 0.842. The van der Waals surface area contributed by atoms with Crippen LogP contribution in [-0.2, 0) is 22.6 Å². The molecule has 2 N–H and O–H groups in total. The molecule has 0 unspecified atom stereocenters. The standard InChI is InChI=1S/C13H12Cl2N2O2/c1-2-7-3-4-9(8(5-7)6-16)17-12(18)10(14)11(15)13(17)19/h3-5H,2,6,16H2,1H3. The summed E-state index contributed by atoms with van der Waals surface area (Å²) >= 11 is 11.4. The Morgan fingerprint density at radius 1 is 1.16 bits per heavy atom. The fraction of sp³-hybridized carbons (Fsp3) is 0.231. The van der Waals surface area contributed by atoms with Crippen LogP contribution in [-0.4, -0.2) is 11.8 Å². The average Bonchev–Trinajstić information content (AvgIpc) is 2.62. The fourth-order valence-electron chi connectivity index (χ4n) is 1.94. The third-order valence-corrected chi connectivity index (χ3v) is 3.79. The second-order valence-electron chi connectivity index (χ2n) is 4.09. The van der Waals surface area contributed by atoms with Crippen LogP contribution in [0.4, 0.5) is 5.69 Å². The van der Waals surface area contributed by atoms with Gasteiger partial charge in [0.25, 0.3) is 11.8 Å². The van der Waals surface area contributed by atoms with Crippen molar-refractivity contribution in [2.75, 3.05) is 4.90 Å². The smallest absolute Gasteiger partial charge is 0.278 e. The molecule has 1 aromatic rings. The number of hydrogen-bond acceptors (Lipinski definition) is 3. The van der Waals surface area contributed by atoms with Gasteiger partial charge >= 0.3 is 0 Å². The van der Waals surface area contributed by atoms with Crippen molar-refractivity contribution in [3.63, 3.8) is 0 Å². The topological polar surface area (TPSA) is 63.4 Å². The summed E-state index contributed by atoms with van der Waals surface area (Å²) in [5.41, 5.74) is 7.89. The average molecular weight is 299 g/mol. The summed E-state index contributed by atoms with van der Waals surface area (Å²) in [5, 5.41) is -0.511. The summed E-state index contributed by atoms with van der Waals surface area (Å²) in [7, 11) is 0. The van der Waals surface area contributed by atoms with Crippen LogP contribution >= 0.6 is 23.2 Å². The van der Waals surface area contributed by atoms with Gasteiger partial charge in [0.2, 0.25) is 0 Å². The Balaban J connectivity index is 2.50. The van der Waals surface area contributed by atoms with Gasteiger partial charge in [-0.2, -0.15) is 0 Å². The van der Waals surface area contributed by atoms with Crippen LogP contribution in [0.25, 0.3) is 0 Å². The largest absolute Gasteiger partial charge is 0.326 e. The van der Waals surface area contributed by atoms with Gasteiger partial charge in [-0.25, -0.2) is 4.90 Å². The van der Waals surface area contributed by atoms with E-state index in [4.69, 9.17) is 28.9 Å². The van der Waals surface area contributed by atoms with E-state index in [0.717, 1.165) is 16.9 Å². The summed E-state index contributed by atoms with van der Waals surface area (Å²) in [6, 6.07) is 5.40. The van der Waals surface area contributed by atoms with E-state index in [1.807, 2.05) is 19.1 Å². The van der Waals surface area contributed by atoms with Crippen LogP contribution in [0.2, 0.25) is 0 Å². The molecule has 0 fully saturated rings. The van der Waals surface area contributed by atoms with E-state index in [1.165, 1.54) is 0 Å². The van der Waals surface area contributed by atoms with Crippen LogP contribution in [0.3, 0.4) is 0 Å². The van der Waals surface area contributed by atoms with Crippen LogP contribution < -0.4 is 10.6 Å². The molecule has 100 valence electrons. The molecule has 2 rings (SSSR count). The van der Waals surface area contributed by atoms with Gasteiger partial charge in [-0.1, -0.05) is 42.3 Å². The van der Waals surface area contributed by atoms with Crippen molar-refractivity contribution >= 4 is 40.7 Å². The molecule has 0 aliphatic carbocycles. The number of halogens is 2. The third kappa shape index (κ3) is 2.27.